The van der Waals surface area contributed by atoms with Gasteiger partial charge in [0.15, 0.2) is 0 Å². The highest BCUT2D eigenvalue weighted by Crippen LogP contribution is 2.37. The second kappa shape index (κ2) is 11.6. The second-order valence-corrected chi connectivity index (χ2v) is 10.5. The highest BCUT2D eigenvalue weighted by Gasteiger charge is 2.41. The van der Waals surface area contributed by atoms with Crippen LogP contribution in [0.1, 0.15) is 39.0 Å². The van der Waals surface area contributed by atoms with E-state index in [-0.39, 0.29) is 29.1 Å². The van der Waals surface area contributed by atoms with Crippen LogP contribution in [0.3, 0.4) is 0 Å². The van der Waals surface area contributed by atoms with E-state index in [2.05, 4.69) is 0 Å². The molecule has 0 N–H and O–H groups in total. The SMILES string of the molecule is CC(=O)N1CCC(C(=O)N2CCC(COc3ccc(Cl)cc3)(CC(=O)N3CCOCC3)CC2)CC1. The Hall–Kier alpha value is -2.32. The molecule has 3 saturated heterocycles. The summed E-state index contributed by atoms with van der Waals surface area (Å²) in [6.45, 7) is 6.92. The summed E-state index contributed by atoms with van der Waals surface area (Å²) in [4.78, 5) is 43.6. The molecule has 0 aromatic heterocycles. The molecule has 0 unspecified atom stereocenters. The molecule has 8 nitrogen and oxygen atoms in total. The average molecular weight is 506 g/mol. The first-order valence-electron chi connectivity index (χ1n) is 12.6. The Labute approximate surface area is 212 Å². The maximum absolute atomic E-state index is 13.2. The van der Waals surface area contributed by atoms with Crippen molar-refractivity contribution in [3.05, 3.63) is 29.3 Å². The van der Waals surface area contributed by atoms with Crippen LogP contribution in [-0.4, -0.2) is 91.5 Å². The van der Waals surface area contributed by atoms with Crippen LogP contribution in [-0.2, 0) is 19.1 Å². The van der Waals surface area contributed by atoms with Crippen LogP contribution >= 0.6 is 11.6 Å². The first kappa shape index (κ1) is 25.8. The Bertz CT molecular complexity index is 887. The molecule has 3 fully saturated rings. The minimum atomic E-state index is -0.330. The summed E-state index contributed by atoms with van der Waals surface area (Å²) in [5.41, 5.74) is -0.330. The number of ether oxygens (including phenoxy) is 2. The van der Waals surface area contributed by atoms with Gasteiger partial charge in [-0.1, -0.05) is 11.6 Å². The predicted molar refractivity (Wildman–Crippen MR) is 132 cm³/mol. The lowest BCUT2D eigenvalue weighted by atomic mass is 9.75. The molecule has 0 bridgehead atoms. The molecular weight excluding hydrogens is 470 g/mol. The Morgan fingerprint density at radius 2 is 1.57 bits per heavy atom. The van der Waals surface area contributed by atoms with Crippen molar-refractivity contribution in [3.8, 4) is 5.75 Å². The molecule has 4 rings (SSSR count). The first-order valence-corrected chi connectivity index (χ1v) is 13.0. The minimum absolute atomic E-state index is 0.0293. The third-order valence-electron chi connectivity index (χ3n) is 7.67. The van der Waals surface area contributed by atoms with Crippen molar-refractivity contribution in [3.63, 3.8) is 0 Å². The summed E-state index contributed by atoms with van der Waals surface area (Å²) in [7, 11) is 0. The van der Waals surface area contributed by atoms with E-state index in [9.17, 15) is 14.4 Å². The summed E-state index contributed by atoms with van der Waals surface area (Å²) in [5, 5.41) is 0.649. The van der Waals surface area contributed by atoms with Gasteiger partial charge in [-0.05, 0) is 49.9 Å². The number of likely N-dealkylation sites (tertiary alicyclic amines) is 2. The quantitative estimate of drug-likeness (QED) is 0.594. The van der Waals surface area contributed by atoms with Gasteiger partial charge in [0.25, 0.3) is 0 Å². The molecule has 9 heteroatoms. The average Bonchev–Trinajstić information content (AvgIpc) is 2.89. The third-order valence-corrected chi connectivity index (χ3v) is 7.93. The van der Waals surface area contributed by atoms with Crippen molar-refractivity contribution in [1.82, 2.24) is 14.7 Å². The molecule has 192 valence electrons. The van der Waals surface area contributed by atoms with E-state index in [1.165, 1.54) is 0 Å². The number of hydrogen-bond donors (Lipinski definition) is 0. The molecular formula is C26H36ClN3O5. The van der Waals surface area contributed by atoms with Crippen molar-refractivity contribution < 1.29 is 23.9 Å². The van der Waals surface area contributed by atoms with Gasteiger partial charge < -0.3 is 24.2 Å². The Balaban J connectivity index is 1.38. The highest BCUT2D eigenvalue weighted by atomic mass is 35.5. The fourth-order valence-electron chi connectivity index (χ4n) is 5.29. The summed E-state index contributed by atoms with van der Waals surface area (Å²) in [5.74, 6) is 1.08. The lowest BCUT2D eigenvalue weighted by Gasteiger charge is -2.43. The van der Waals surface area contributed by atoms with Crippen LogP contribution in [0.25, 0.3) is 0 Å². The van der Waals surface area contributed by atoms with Gasteiger partial charge in [0.05, 0.1) is 19.8 Å². The smallest absolute Gasteiger partial charge is 0.225 e. The predicted octanol–water partition coefficient (Wildman–Crippen LogP) is 2.84. The van der Waals surface area contributed by atoms with Crippen molar-refractivity contribution in [2.75, 3.05) is 59.1 Å². The number of rotatable bonds is 6. The summed E-state index contributed by atoms with van der Waals surface area (Å²) >= 11 is 6.00. The molecule has 0 saturated carbocycles. The molecule has 1 aromatic rings. The maximum Gasteiger partial charge on any atom is 0.225 e. The van der Waals surface area contributed by atoms with Gasteiger partial charge in [-0.3, -0.25) is 14.4 Å². The van der Waals surface area contributed by atoms with Crippen molar-refractivity contribution in [2.45, 2.75) is 39.0 Å². The number of halogens is 1. The van der Waals surface area contributed by atoms with E-state index in [1.54, 1.807) is 19.1 Å². The first-order chi connectivity index (χ1) is 16.8. The maximum atomic E-state index is 13.2. The van der Waals surface area contributed by atoms with Gasteiger partial charge in [-0.2, -0.15) is 0 Å². The molecule has 0 aliphatic carbocycles. The van der Waals surface area contributed by atoms with Gasteiger partial charge in [-0.25, -0.2) is 0 Å². The van der Waals surface area contributed by atoms with Crippen molar-refractivity contribution in [1.29, 1.82) is 0 Å². The van der Waals surface area contributed by atoms with Gasteiger partial charge in [0.2, 0.25) is 17.7 Å². The number of piperidine rings is 2. The summed E-state index contributed by atoms with van der Waals surface area (Å²) in [6.07, 6.45) is 3.27. The number of morpholine rings is 1. The van der Waals surface area contributed by atoms with Crippen LogP contribution in [0.15, 0.2) is 24.3 Å². The highest BCUT2D eigenvalue weighted by molar-refractivity contribution is 6.30. The topological polar surface area (TPSA) is 79.4 Å². The Kier molecular flexibility index (Phi) is 8.55. The lowest BCUT2D eigenvalue weighted by molar-refractivity contribution is -0.144. The number of benzene rings is 1. The van der Waals surface area contributed by atoms with E-state index in [0.717, 1.165) is 18.6 Å². The summed E-state index contributed by atoms with van der Waals surface area (Å²) in [6, 6.07) is 7.26. The molecule has 0 atom stereocenters. The number of carbonyl (C=O) groups is 3. The zero-order valence-corrected chi connectivity index (χ0v) is 21.3. The molecule has 0 spiro atoms. The largest absolute Gasteiger partial charge is 0.493 e. The third kappa shape index (κ3) is 6.67. The number of hydrogen-bond acceptors (Lipinski definition) is 5. The van der Waals surface area contributed by atoms with E-state index >= 15 is 0 Å². The normalized spacial score (nSPS) is 21.0. The standard InChI is InChI=1S/C26H36ClN3O5/c1-20(31)28-10-6-21(7-11-28)25(33)30-12-8-26(9-13-30,18-24(32)29-14-16-34-17-15-29)19-35-23-4-2-22(27)3-5-23/h2-5,21H,6-19H2,1H3. The van der Waals surface area contributed by atoms with Gasteiger partial charge in [0, 0.05) is 69.0 Å². The van der Waals surface area contributed by atoms with E-state index in [4.69, 9.17) is 21.1 Å². The van der Waals surface area contributed by atoms with Crippen LogP contribution in [0.5, 0.6) is 5.75 Å². The molecule has 1 aromatic carbocycles. The minimum Gasteiger partial charge on any atom is -0.493 e. The zero-order chi connectivity index (χ0) is 24.8. The molecule has 3 aliphatic heterocycles. The van der Waals surface area contributed by atoms with Crippen LogP contribution in [0.4, 0.5) is 0 Å². The number of amides is 3. The van der Waals surface area contributed by atoms with Crippen LogP contribution in [0.2, 0.25) is 5.02 Å². The molecule has 35 heavy (non-hydrogen) atoms. The molecule has 0 radical (unpaired) electrons. The number of nitrogens with zero attached hydrogens (tertiary/aromatic N) is 3. The summed E-state index contributed by atoms with van der Waals surface area (Å²) < 4.78 is 11.5. The molecule has 3 heterocycles. The van der Waals surface area contributed by atoms with Gasteiger partial charge in [-0.15, -0.1) is 0 Å². The monoisotopic (exact) mass is 505 g/mol. The lowest BCUT2D eigenvalue weighted by Crippen LogP contribution is -2.51. The molecule has 3 amide bonds. The van der Waals surface area contributed by atoms with Crippen molar-refractivity contribution >= 4 is 29.3 Å². The molecule has 3 aliphatic rings. The number of carbonyl (C=O) groups excluding carboxylic acids is 3. The fourth-order valence-corrected chi connectivity index (χ4v) is 5.41. The Morgan fingerprint density at radius 3 is 2.17 bits per heavy atom. The van der Waals surface area contributed by atoms with Crippen molar-refractivity contribution in [2.24, 2.45) is 11.3 Å². The van der Waals surface area contributed by atoms with Gasteiger partial charge >= 0.3 is 0 Å². The second-order valence-electron chi connectivity index (χ2n) is 10.0. The van der Waals surface area contributed by atoms with Gasteiger partial charge in [0.1, 0.15) is 5.75 Å². The van der Waals surface area contributed by atoms with E-state index < -0.39 is 0 Å². The fraction of sp³-hybridized carbons (Fsp3) is 0.654. The zero-order valence-electron chi connectivity index (χ0n) is 20.5. The van der Waals surface area contributed by atoms with E-state index in [0.29, 0.717) is 83.4 Å². The van der Waals surface area contributed by atoms with E-state index in [1.807, 2.05) is 26.8 Å². The van der Waals surface area contributed by atoms with Crippen LogP contribution in [0, 0.1) is 11.3 Å². The van der Waals surface area contributed by atoms with Crippen LogP contribution < -0.4 is 4.74 Å². The Morgan fingerprint density at radius 1 is 0.943 bits per heavy atom.